The zero-order chi connectivity index (χ0) is 11.7. The van der Waals surface area contributed by atoms with Crippen molar-refractivity contribution in [1.82, 2.24) is 10.2 Å². The first-order valence-corrected chi connectivity index (χ1v) is 6.90. The van der Waals surface area contributed by atoms with Gasteiger partial charge in [-0.1, -0.05) is 6.92 Å². The van der Waals surface area contributed by atoms with Gasteiger partial charge >= 0.3 is 0 Å². The van der Waals surface area contributed by atoms with Gasteiger partial charge in [0.05, 0.1) is 13.1 Å². The molecule has 94 valence electrons. The van der Waals surface area contributed by atoms with Crippen molar-refractivity contribution in [3.8, 4) is 0 Å². The third-order valence-electron chi connectivity index (χ3n) is 3.69. The van der Waals surface area contributed by atoms with E-state index in [1.165, 1.54) is 25.7 Å². The average Bonchev–Trinajstić information content (AvgIpc) is 3.24. The molecule has 2 aliphatic rings. The molecule has 0 atom stereocenters. The molecule has 0 unspecified atom stereocenters. The zero-order valence-corrected chi connectivity index (χ0v) is 10.6. The minimum absolute atomic E-state index is 0.752. The highest BCUT2D eigenvalue weighted by Gasteiger charge is 2.28. The Balaban J connectivity index is 1.51. The molecule has 2 saturated carbocycles. The van der Waals surface area contributed by atoms with Crippen molar-refractivity contribution in [1.29, 1.82) is 0 Å². The lowest BCUT2D eigenvalue weighted by Gasteiger charge is -2.17. The monoisotopic (exact) mass is 234 g/mol. The van der Waals surface area contributed by atoms with E-state index in [1.807, 2.05) is 0 Å². The molecule has 3 rings (SSSR count). The Labute approximate surface area is 103 Å². The molecular weight excluding hydrogens is 212 g/mol. The van der Waals surface area contributed by atoms with Crippen molar-refractivity contribution in [3.05, 3.63) is 23.7 Å². The van der Waals surface area contributed by atoms with Crippen molar-refractivity contribution in [2.75, 3.05) is 6.54 Å². The molecule has 2 aliphatic carbocycles. The molecule has 1 heterocycles. The van der Waals surface area contributed by atoms with Crippen molar-refractivity contribution in [2.45, 2.75) is 57.8 Å². The highest BCUT2D eigenvalue weighted by Crippen LogP contribution is 2.28. The van der Waals surface area contributed by atoms with Crippen LogP contribution >= 0.6 is 0 Å². The minimum Gasteiger partial charge on any atom is -0.463 e. The lowest BCUT2D eigenvalue weighted by molar-refractivity contribution is 0.243. The molecule has 0 aromatic carbocycles. The Hall–Kier alpha value is -0.800. The summed E-state index contributed by atoms with van der Waals surface area (Å²) in [5.74, 6) is 2.20. The molecule has 2 fully saturated rings. The summed E-state index contributed by atoms with van der Waals surface area (Å²) < 4.78 is 5.87. The Bertz CT molecular complexity index is 366. The maximum Gasteiger partial charge on any atom is 0.118 e. The van der Waals surface area contributed by atoms with E-state index < -0.39 is 0 Å². The molecule has 1 aromatic rings. The van der Waals surface area contributed by atoms with Gasteiger partial charge in [-0.3, -0.25) is 4.90 Å². The lowest BCUT2D eigenvalue weighted by atomic mass is 10.3. The van der Waals surface area contributed by atoms with Crippen LogP contribution in [-0.4, -0.2) is 23.5 Å². The number of hydrogen-bond donors (Lipinski definition) is 1. The normalized spacial score (nSPS) is 20.1. The molecule has 17 heavy (non-hydrogen) atoms. The smallest absolute Gasteiger partial charge is 0.118 e. The maximum absolute atomic E-state index is 5.87. The quantitative estimate of drug-likeness (QED) is 0.786. The second kappa shape index (κ2) is 4.83. The van der Waals surface area contributed by atoms with E-state index in [2.05, 4.69) is 29.3 Å². The van der Waals surface area contributed by atoms with E-state index in [0.29, 0.717) is 0 Å². The van der Waals surface area contributed by atoms with E-state index in [-0.39, 0.29) is 0 Å². The van der Waals surface area contributed by atoms with Gasteiger partial charge in [0.15, 0.2) is 0 Å². The molecule has 1 aromatic heterocycles. The van der Waals surface area contributed by atoms with Gasteiger partial charge in [-0.05, 0) is 44.4 Å². The fraction of sp³-hybridized carbons (Fsp3) is 0.714. The van der Waals surface area contributed by atoms with E-state index in [1.54, 1.807) is 0 Å². The molecule has 0 spiro atoms. The van der Waals surface area contributed by atoms with E-state index in [4.69, 9.17) is 4.42 Å². The van der Waals surface area contributed by atoms with Crippen molar-refractivity contribution >= 4 is 0 Å². The van der Waals surface area contributed by atoms with Crippen molar-refractivity contribution < 1.29 is 4.42 Å². The fourth-order valence-corrected chi connectivity index (χ4v) is 2.27. The van der Waals surface area contributed by atoms with Crippen LogP contribution in [0.4, 0.5) is 0 Å². The molecule has 0 aliphatic heterocycles. The van der Waals surface area contributed by atoms with Crippen LogP contribution < -0.4 is 5.32 Å². The minimum atomic E-state index is 0.752. The van der Waals surface area contributed by atoms with Crippen LogP contribution in [0.1, 0.15) is 44.1 Å². The van der Waals surface area contributed by atoms with E-state index in [9.17, 15) is 0 Å². The summed E-state index contributed by atoms with van der Waals surface area (Å²) >= 11 is 0. The van der Waals surface area contributed by atoms with Gasteiger partial charge in [-0.25, -0.2) is 0 Å². The SMILES string of the molecule is CCN(Cc1ccc(CNC2CC2)o1)C1CC1. The molecule has 0 amide bonds. The predicted molar refractivity (Wildman–Crippen MR) is 67.7 cm³/mol. The van der Waals surface area contributed by atoms with Gasteiger partial charge < -0.3 is 9.73 Å². The lowest BCUT2D eigenvalue weighted by Crippen LogP contribution is -2.24. The van der Waals surface area contributed by atoms with Crippen LogP contribution in [0.15, 0.2) is 16.5 Å². The van der Waals surface area contributed by atoms with Crippen molar-refractivity contribution in [2.24, 2.45) is 0 Å². The summed E-state index contributed by atoms with van der Waals surface area (Å²) in [5.41, 5.74) is 0. The van der Waals surface area contributed by atoms with Gasteiger partial charge in [-0.2, -0.15) is 0 Å². The van der Waals surface area contributed by atoms with Crippen LogP contribution in [0.3, 0.4) is 0 Å². The summed E-state index contributed by atoms with van der Waals surface area (Å²) in [6.45, 7) is 5.22. The second-order valence-corrected chi connectivity index (χ2v) is 5.32. The van der Waals surface area contributed by atoms with Gasteiger partial charge in [-0.15, -0.1) is 0 Å². The third-order valence-corrected chi connectivity index (χ3v) is 3.69. The summed E-state index contributed by atoms with van der Waals surface area (Å²) in [6, 6.07) is 5.82. The van der Waals surface area contributed by atoms with Gasteiger partial charge in [0.2, 0.25) is 0 Å². The van der Waals surface area contributed by atoms with Gasteiger partial charge in [0.25, 0.3) is 0 Å². The van der Waals surface area contributed by atoms with Crippen LogP contribution in [0, 0.1) is 0 Å². The van der Waals surface area contributed by atoms with Crippen LogP contribution in [-0.2, 0) is 13.1 Å². The first-order valence-electron chi connectivity index (χ1n) is 6.90. The Morgan fingerprint density at radius 3 is 2.65 bits per heavy atom. The Morgan fingerprint density at radius 1 is 1.24 bits per heavy atom. The molecule has 3 heteroatoms. The van der Waals surface area contributed by atoms with E-state index in [0.717, 1.165) is 43.2 Å². The summed E-state index contributed by atoms with van der Waals surface area (Å²) in [6.07, 6.45) is 5.40. The fourth-order valence-electron chi connectivity index (χ4n) is 2.27. The van der Waals surface area contributed by atoms with Crippen LogP contribution in [0.2, 0.25) is 0 Å². The number of rotatable bonds is 7. The highest BCUT2D eigenvalue weighted by atomic mass is 16.3. The molecular formula is C14H22N2O. The maximum atomic E-state index is 5.87. The first kappa shape index (κ1) is 11.3. The van der Waals surface area contributed by atoms with Gasteiger partial charge in [0.1, 0.15) is 11.5 Å². The number of nitrogens with zero attached hydrogens (tertiary/aromatic N) is 1. The standard InChI is InChI=1S/C14H22N2O/c1-2-16(12-5-6-12)10-14-8-7-13(17-14)9-15-11-3-4-11/h7-8,11-12,15H,2-6,9-10H2,1H3. The summed E-state index contributed by atoms with van der Waals surface area (Å²) in [4.78, 5) is 2.51. The predicted octanol–water partition coefficient (Wildman–Crippen LogP) is 2.52. The Morgan fingerprint density at radius 2 is 2.00 bits per heavy atom. The van der Waals surface area contributed by atoms with Crippen LogP contribution in [0.5, 0.6) is 0 Å². The summed E-state index contributed by atoms with van der Waals surface area (Å²) in [5, 5.41) is 3.48. The van der Waals surface area contributed by atoms with Crippen LogP contribution in [0.25, 0.3) is 0 Å². The molecule has 0 radical (unpaired) electrons. The molecule has 1 N–H and O–H groups in total. The number of furan rings is 1. The van der Waals surface area contributed by atoms with Crippen molar-refractivity contribution in [3.63, 3.8) is 0 Å². The van der Waals surface area contributed by atoms with Gasteiger partial charge in [0, 0.05) is 12.1 Å². The molecule has 0 bridgehead atoms. The number of hydrogen-bond acceptors (Lipinski definition) is 3. The largest absolute Gasteiger partial charge is 0.463 e. The number of nitrogens with one attached hydrogen (secondary N) is 1. The average molecular weight is 234 g/mol. The summed E-state index contributed by atoms with van der Waals surface area (Å²) in [7, 11) is 0. The second-order valence-electron chi connectivity index (χ2n) is 5.32. The molecule has 0 saturated heterocycles. The van der Waals surface area contributed by atoms with E-state index >= 15 is 0 Å². The topological polar surface area (TPSA) is 28.4 Å². The Kier molecular flexibility index (Phi) is 3.21. The molecule has 3 nitrogen and oxygen atoms in total. The zero-order valence-electron chi connectivity index (χ0n) is 10.6. The first-order chi connectivity index (χ1) is 8.35. The highest BCUT2D eigenvalue weighted by molar-refractivity contribution is 5.08. The third kappa shape index (κ3) is 3.11.